The number of aryl methyl sites for hydroxylation is 1. The molecule has 0 unspecified atom stereocenters. The van der Waals surface area contributed by atoms with Crippen molar-refractivity contribution in [3.05, 3.63) is 36.7 Å². The van der Waals surface area contributed by atoms with Crippen molar-refractivity contribution in [3.63, 3.8) is 0 Å². The van der Waals surface area contributed by atoms with Crippen LogP contribution in [0.1, 0.15) is 13.8 Å². The van der Waals surface area contributed by atoms with Gasteiger partial charge in [-0.15, -0.1) is 12.4 Å². The van der Waals surface area contributed by atoms with Gasteiger partial charge in [0.15, 0.2) is 17.3 Å². The Bertz CT molecular complexity index is 1070. The molecule has 4 aromatic rings. The first-order valence-corrected chi connectivity index (χ1v) is 8.38. The van der Waals surface area contributed by atoms with Crippen molar-refractivity contribution < 1.29 is 9.37 Å². The van der Waals surface area contributed by atoms with Crippen LogP contribution in [-0.4, -0.2) is 31.5 Å². The van der Waals surface area contributed by atoms with Crippen molar-refractivity contribution in [1.29, 1.82) is 0 Å². The molecule has 9 heteroatoms. The largest absolute Gasteiger partial charge is 0.494 e. The summed E-state index contributed by atoms with van der Waals surface area (Å²) in [6.45, 7) is 5.29. The number of benzene rings is 1. The summed E-state index contributed by atoms with van der Waals surface area (Å²) in [7, 11) is 0. The Morgan fingerprint density at radius 1 is 1.19 bits per heavy atom. The fourth-order valence-corrected chi connectivity index (χ4v) is 3.06. The monoisotopic (exact) mass is 386 g/mol. The van der Waals surface area contributed by atoms with Gasteiger partial charge < -0.3 is 15.0 Å². The summed E-state index contributed by atoms with van der Waals surface area (Å²) in [5.41, 5.74) is 9.96. The molecule has 0 saturated carbocycles. The standard InChI is InChI=1S/C18H18N6O2.ClH/c1-3-24-16-13(11-6-5-7-12(8-11)25-4-2)9-20-10-14(16)21-18(24)15-17(19)23-26-22-15;/h5-10H,3-4H2,1-2H3,(H2,19,23);1H. The quantitative estimate of drug-likeness (QED) is 0.558. The van der Waals surface area contributed by atoms with Crippen LogP contribution in [0.3, 0.4) is 0 Å². The van der Waals surface area contributed by atoms with Gasteiger partial charge in [0.2, 0.25) is 0 Å². The normalized spacial score (nSPS) is 10.7. The Kier molecular flexibility index (Phi) is 5.27. The molecule has 0 aliphatic heterocycles. The third kappa shape index (κ3) is 3.19. The lowest BCUT2D eigenvalue weighted by Crippen LogP contribution is -2.01. The minimum Gasteiger partial charge on any atom is -0.494 e. The molecule has 1 aromatic carbocycles. The molecule has 0 atom stereocenters. The maximum Gasteiger partial charge on any atom is 0.199 e. The summed E-state index contributed by atoms with van der Waals surface area (Å²) >= 11 is 0. The van der Waals surface area contributed by atoms with Gasteiger partial charge in [-0.2, -0.15) is 0 Å². The lowest BCUT2D eigenvalue weighted by atomic mass is 10.1. The fourth-order valence-electron chi connectivity index (χ4n) is 3.06. The van der Waals surface area contributed by atoms with E-state index in [0.717, 1.165) is 27.9 Å². The summed E-state index contributed by atoms with van der Waals surface area (Å²) in [6.07, 6.45) is 3.56. The number of nitrogens with two attached hydrogens (primary N) is 1. The van der Waals surface area contributed by atoms with E-state index >= 15 is 0 Å². The van der Waals surface area contributed by atoms with E-state index in [1.165, 1.54) is 0 Å². The molecule has 0 aliphatic carbocycles. The molecule has 3 aromatic heterocycles. The van der Waals surface area contributed by atoms with Gasteiger partial charge in [-0.3, -0.25) is 4.98 Å². The Labute approximate surface area is 161 Å². The molecule has 0 saturated heterocycles. The van der Waals surface area contributed by atoms with Crippen LogP contribution in [0.25, 0.3) is 33.7 Å². The summed E-state index contributed by atoms with van der Waals surface area (Å²) < 4.78 is 12.4. The Hall–Kier alpha value is -3.13. The second-order valence-corrected chi connectivity index (χ2v) is 5.69. The number of nitrogen functional groups attached to an aromatic ring is 1. The number of nitrogens with zero attached hydrogens (tertiary/aromatic N) is 5. The maximum absolute atomic E-state index is 5.87. The minimum absolute atomic E-state index is 0. The summed E-state index contributed by atoms with van der Waals surface area (Å²) in [5.74, 6) is 1.63. The lowest BCUT2D eigenvalue weighted by molar-refractivity contribution is 0.310. The summed E-state index contributed by atoms with van der Waals surface area (Å²) in [4.78, 5) is 9.01. The maximum atomic E-state index is 5.87. The third-order valence-corrected chi connectivity index (χ3v) is 4.15. The predicted octanol–water partition coefficient (Wildman–Crippen LogP) is 3.57. The van der Waals surface area contributed by atoms with E-state index < -0.39 is 0 Å². The zero-order valence-corrected chi connectivity index (χ0v) is 15.7. The molecule has 27 heavy (non-hydrogen) atoms. The molecule has 0 bridgehead atoms. The number of hydrogen-bond donors (Lipinski definition) is 1. The number of aromatic nitrogens is 5. The highest BCUT2D eigenvalue weighted by atomic mass is 35.5. The van der Waals surface area contributed by atoms with Crippen molar-refractivity contribution in [2.24, 2.45) is 0 Å². The Morgan fingerprint density at radius 2 is 2.04 bits per heavy atom. The van der Waals surface area contributed by atoms with Crippen LogP contribution in [0.2, 0.25) is 0 Å². The van der Waals surface area contributed by atoms with E-state index in [-0.39, 0.29) is 18.2 Å². The second kappa shape index (κ2) is 7.63. The summed E-state index contributed by atoms with van der Waals surface area (Å²) in [6, 6.07) is 7.92. The third-order valence-electron chi connectivity index (χ3n) is 4.15. The molecule has 2 N–H and O–H groups in total. The van der Waals surface area contributed by atoms with Crippen LogP contribution in [0.15, 0.2) is 41.3 Å². The number of rotatable bonds is 5. The van der Waals surface area contributed by atoms with Crippen LogP contribution < -0.4 is 10.5 Å². The van der Waals surface area contributed by atoms with E-state index in [1.807, 2.05) is 48.9 Å². The molecule has 0 spiro atoms. The van der Waals surface area contributed by atoms with E-state index in [0.29, 0.717) is 24.7 Å². The van der Waals surface area contributed by atoms with Crippen LogP contribution in [0, 0.1) is 0 Å². The molecule has 0 radical (unpaired) electrons. The topological polar surface area (TPSA) is 105 Å². The average molecular weight is 387 g/mol. The van der Waals surface area contributed by atoms with Gasteiger partial charge in [-0.1, -0.05) is 12.1 Å². The average Bonchev–Trinajstić information content (AvgIpc) is 3.24. The molecular weight excluding hydrogens is 368 g/mol. The Balaban J connectivity index is 0.00000210. The van der Waals surface area contributed by atoms with Crippen molar-refractivity contribution in [3.8, 4) is 28.4 Å². The smallest absolute Gasteiger partial charge is 0.199 e. The van der Waals surface area contributed by atoms with Gasteiger partial charge in [0.1, 0.15) is 11.3 Å². The number of imidazole rings is 1. The molecule has 140 valence electrons. The molecule has 8 nitrogen and oxygen atoms in total. The van der Waals surface area contributed by atoms with Crippen molar-refractivity contribution in [2.75, 3.05) is 12.3 Å². The van der Waals surface area contributed by atoms with Gasteiger partial charge in [0.25, 0.3) is 0 Å². The molecule has 3 heterocycles. The first-order chi connectivity index (χ1) is 12.7. The van der Waals surface area contributed by atoms with Crippen molar-refractivity contribution in [2.45, 2.75) is 20.4 Å². The van der Waals surface area contributed by atoms with E-state index in [4.69, 9.17) is 15.1 Å². The molecule has 0 amide bonds. The SMILES string of the molecule is CCOc1cccc(-c2cncc3nc(-c4nonc4N)n(CC)c23)c1.Cl. The first kappa shape index (κ1) is 18.7. The van der Waals surface area contributed by atoms with Gasteiger partial charge in [-0.05, 0) is 41.9 Å². The highest BCUT2D eigenvalue weighted by Crippen LogP contribution is 2.33. The minimum atomic E-state index is 0. The molecule has 0 fully saturated rings. The number of hydrogen-bond acceptors (Lipinski definition) is 7. The number of fused-ring (bicyclic) bond motifs is 1. The van der Waals surface area contributed by atoms with Gasteiger partial charge in [0, 0.05) is 18.3 Å². The van der Waals surface area contributed by atoms with Crippen molar-refractivity contribution >= 4 is 29.3 Å². The highest BCUT2D eigenvalue weighted by molar-refractivity contribution is 5.94. The Morgan fingerprint density at radius 3 is 2.74 bits per heavy atom. The van der Waals surface area contributed by atoms with Gasteiger partial charge in [-0.25, -0.2) is 9.61 Å². The van der Waals surface area contributed by atoms with Crippen LogP contribution in [-0.2, 0) is 6.54 Å². The molecular formula is C18H19ClN6O2. The zero-order chi connectivity index (χ0) is 18.1. The number of anilines is 1. The van der Waals surface area contributed by atoms with E-state index in [1.54, 1.807) is 6.20 Å². The first-order valence-electron chi connectivity index (χ1n) is 8.38. The number of pyridine rings is 1. The lowest BCUT2D eigenvalue weighted by Gasteiger charge is -2.10. The highest BCUT2D eigenvalue weighted by Gasteiger charge is 2.21. The van der Waals surface area contributed by atoms with Crippen LogP contribution in [0.5, 0.6) is 5.75 Å². The van der Waals surface area contributed by atoms with Crippen molar-refractivity contribution in [1.82, 2.24) is 24.8 Å². The number of ether oxygens (including phenoxy) is 1. The number of halogens is 1. The van der Waals surface area contributed by atoms with E-state index in [2.05, 4.69) is 20.3 Å². The molecule has 0 aliphatic rings. The zero-order valence-electron chi connectivity index (χ0n) is 14.9. The predicted molar refractivity (Wildman–Crippen MR) is 105 cm³/mol. The van der Waals surface area contributed by atoms with Crippen LogP contribution in [0.4, 0.5) is 5.82 Å². The molecule has 4 rings (SSSR count). The fraction of sp³-hybridized carbons (Fsp3) is 0.222. The van der Waals surface area contributed by atoms with Gasteiger partial charge in [0.05, 0.1) is 18.3 Å². The van der Waals surface area contributed by atoms with E-state index in [9.17, 15) is 0 Å². The summed E-state index contributed by atoms with van der Waals surface area (Å²) in [5, 5.41) is 7.55. The van der Waals surface area contributed by atoms with Crippen LogP contribution >= 0.6 is 12.4 Å². The second-order valence-electron chi connectivity index (χ2n) is 5.69. The van der Waals surface area contributed by atoms with Gasteiger partial charge >= 0.3 is 0 Å².